The minimum atomic E-state index is -0.149. The summed E-state index contributed by atoms with van der Waals surface area (Å²) in [6.45, 7) is 14.0. The Hall–Kier alpha value is -2.81. The van der Waals surface area contributed by atoms with E-state index in [0.717, 1.165) is 39.3 Å². The maximum absolute atomic E-state index is 14.0. The fourth-order valence-corrected chi connectivity index (χ4v) is 3.02. The number of benzene rings is 2. The van der Waals surface area contributed by atoms with Gasteiger partial charge in [0, 0.05) is 29.7 Å². The Labute approximate surface area is 162 Å². The van der Waals surface area contributed by atoms with Gasteiger partial charge in [0.1, 0.15) is 5.82 Å². The lowest BCUT2D eigenvalue weighted by molar-refractivity contribution is 0.607. The third kappa shape index (κ3) is 5.33. The van der Waals surface area contributed by atoms with Gasteiger partial charge in [-0.25, -0.2) is 4.39 Å². The van der Waals surface area contributed by atoms with E-state index in [1.165, 1.54) is 5.56 Å². The lowest BCUT2D eigenvalue weighted by atomic mass is 10.0. The Morgan fingerprint density at radius 2 is 1.89 bits per heavy atom. The van der Waals surface area contributed by atoms with E-state index in [4.69, 9.17) is 0 Å². The largest absolute Gasteiger partial charge is 0.387 e. The molecule has 2 N–H and O–H groups in total. The van der Waals surface area contributed by atoms with Gasteiger partial charge < -0.3 is 10.6 Å². The first-order chi connectivity index (χ1) is 12.8. The van der Waals surface area contributed by atoms with Crippen molar-refractivity contribution in [2.24, 2.45) is 0 Å². The zero-order valence-electron chi connectivity index (χ0n) is 16.7. The van der Waals surface area contributed by atoms with Gasteiger partial charge in [-0.3, -0.25) is 0 Å². The Kier molecular flexibility index (Phi) is 7.00. The zero-order valence-corrected chi connectivity index (χ0v) is 16.7. The van der Waals surface area contributed by atoms with Crippen LogP contribution in [0.25, 0.3) is 5.70 Å². The highest BCUT2D eigenvalue weighted by molar-refractivity contribution is 5.74. The summed E-state index contributed by atoms with van der Waals surface area (Å²) in [5.74, 6) is -0.149. The second-order valence-electron chi connectivity index (χ2n) is 6.87. The van der Waals surface area contributed by atoms with E-state index in [-0.39, 0.29) is 5.82 Å². The highest BCUT2D eigenvalue weighted by atomic mass is 19.1. The van der Waals surface area contributed by atoms with Crippen LogP contribution >= 0.6 is 0 Å². The quantitative estimate of drug-likeness (QED) is 0.550. The molecule has 0 fully saturated rings. The molecule has 0 aliphatic rings. The van der Waals surface area contributed by atoms with Gasteiger partial charge in [0.15, 0.2) is 0 Å². The van der Waals surface area contributed by atoms with Gasteiger partial charge in [0.25, 0.3) is 0 Å². The second kappa shape index (κ2) is 9.22. The Balaban J connectivity index is 2.12. The summed E-state index contributed by atoms with van der Waals surface area (Å²) < 4.78 is 14.0. The van der Waals surface area contributed by atoms with Crippen LogP contribution in [-0.4, -0.2) is 7.05 Å². The van der Waals surface area contributed by atoms with Crippen molar-refractivity contribution in [1.82, 2.24) is 5.32 Å². The molecule has 0 bridgehead atoms. The summed E-state index contributed by atoms with van der Waals surface area (Å²) in [4.78, 5) is 0. The molecule has 0 atom stereocenters. The summed E-state index contributed by atoms with van der Waals surface area (Å²) in [5.41, 5.74) is 7.93. The highest BCUT2D eigenvalue weighted by Gasteiger charge is 2.09. The summed E-state index contributed by atoms with van der Waals surface area (Å²) >= 11 is 0. The van der Waals surface area contributed by atoms with Crippen molar-refractivity contribution in [3.05, 3.63) is 95.0 Å². The van der Waals surface area contributed by atoms with Gasteiger partial charge >= 0.3 is 0 Å². The van der Waals surface area contributed by atoms with Gasteiger partial charge in [0.2, 0.25) is 0 Å². The van der Waals surface area contributed by atoms with E-state index >= 15 is 0 Å². The van der Waals surface area contributed by atoms with Gasteiger partial charge in [-0.1, -0.05) is 37.4 Å². The monoisotopic (exact) mass is 364 g/mol. The number of nitrogens with one attached hydrogen (secondary N) is 2. The Bertz CT molecular complexity index is 878. The molecule has 2 aromatic carbocycles. The Morgan fingerprint density at radius 3 is 2.52 bits per heavy atom. The molecule has 3 heteroatoms. The van der Waals surface area contributed by atoms with Crippen molar-refractivity contribution in [2.45, 2.75) is 33.6 Å². The number of aryl methyl sites for hydroxylation is 3. The van der Waals surface area contributed by atoms with Crippen LogP contribution in [0.3, 0.4) is 0 Å². The van der Waals surface area contributed by atoms with Crippen molar-refractivity contribution >= 4 is 11.4 Å². The van der Waals surface area contributed by atoms with Crippen LogP contribution < -0.4 is 10.6 Å². The SMILES string of the molecule is C=C/C(C)=C(\NC)c1cc(NC(=C)CCc2ccc(C)cc2F)ccc1C. The fourth-order valence-electron chi connectivity index (χ4n) is 3.02. The predicted molar refractivity (Wildman–Crippen MR) is 115 cm³/mol. The molecule has 2 nitrogen and oxygen atoms in total. The number of allylic oxidation sites excluding steroid dienone is 3. The van der Waals surface area contributed by atoms with Crippen molar-refractivity contribution in [3.8, 4) is 0 Å². The number of halogens is 1. The lowest BCUT2D eigenvalue weighted by Gasteiger charge is -2.16. The number of hydrogen-bond acceptors (Lipinski definition) is 2. The molecule has 27 heavy (non-hydrogen) atoms. The number of anilines is 1. The standard InChI is InChI=1S/C24H29FN2/c1-7-17(3)24(26-6)22-15-21(13-9-18(22)4)27-19(5)10-12-20-11-8-16(2)14-23(20)25/h7-9,11,13-15,26-27H,1,5,10,12H2,2-4,6H3/b24-17-. The first-order valence-corrected chi connectivity index (χ1v) is 9.17. The van der Waals surface area contributed by atoms with E-state index in [0.29, 0.717) is 12.8 Å². The fraction of sp³-hybridized carbons (Fsp3) is 0.250. The second-order valence-corrected chi connectivity index (χ2v) is 6.87. The molecule has 2 rings (SSSR count). The molecule has 0 aromatic heterocycles. The van der Waals surface area contributed by atoms with Crippen LogP contribution in [0.2, 0.25) is 0 Å². The smallest absolute Gasteiger partial charge is 0.126 e. The molecule has 0 saturated heterocycles. The summed E-state index contributed by atoms with van der Waals surface area (Å²) in [7, 11) is 1.91. The third-order valence-corrected chi connectivity index (χ3v) is 4.68. The van der Waals surface area contributed by atoms with Crippen molar-refractivity contribution in [2.75, 3.05) is 12.4 Å². The van der Waals surface area contributed by atoms with Gasteiger partial charge in [0.05, 0.1) is 0 Å². The van der Waals surface area contributed by atoms with Crippen molar-refractivity contribution in [1.29, 1.82) is 0 Å². The minimum Gasteiger partial charge on any atom is -0.387 e. The molecule has 0 unspecified atom stereocenters. The molecule has 0 aliphatic heterocycles. The summed E-state index contributed by atoms with van der Waals surface area (Å²) in [5, 5.41) is 6.62. The van der Waals surface area contributed by atoms with Crippen LogP contribution in [-0.2, 0) is 6.42 Å². The van der Waals surface area contributed by atoms with E-state index in [2.05, 4.69) is 42.8 Å². The Morgan fingerprint density at radius 1 is 1.15 bits per heavy atom. The van der Waals surface area contributed by atoms with Crippen LogP contribution in [0.15, 0.2) is 66.9 Å². The van der Waals surface area contributed by atoms with Crippen LogP contribution in [0, 0.1) is 19.7 Å². The third-order valence-electron chi connectivity index (χ3n) is 4.68. The molecule has 0 radical (unpaired) electrons. The van der Waals surface area contributed by atoms with Crippen molar-refractivity contribution in [3.63, 3.8) is 0 Å². The lowest BCUT2D eigenvalue weighted by Crippen LogP contribution is -2.09. The minimum absolute atomic E-state index is 0.149. The van der Waals surface area contributed by atoms with Crippen LogP contribution in [0.5, 0.6) is 0 Å². The summed E-state index contributed by atoms with van der Waals surface area (Å²) in [6, 6.07) is 11.6. The first kappa shape index (κ1) is 20.5. The molecule has 0 spiro atoms. The van der Waals surface area contributed by atoms with E-state index in [1.54, 1.807) is 6.07 Å². The molecule has 0 amide bonds. The van der Waals surface area contributed by atoms with Gasteiger partial charge in [-0.05, 0) is 74.1 Å². The average molecular weight is 365 g/mol. The highest BCUT2D eigenvalue weighted by Crippen LogP contribution is 2.25. The molecule has 0 heterocycles. The zero-order chi connectivity index (χ0) is 20.0. The summed E-state index contributed by atoms with van der Waals surface area (Å²) in [6.07, 6.45) is 3.14. The van der Waals surface area contributed by atoms with Crippen LogP contribution in [0.4, 0.5) is 10.1 Å². The maximum Gasteiger partial charge on any atom is 0.126 e. The average Bonchev–Trinajstić information content (AvgIpc) is 2.63. The first-order valence-electron chi connectivity index (χ1n) is 9.17. The molecule has 2 aromatic rings. The van der Waals surface area contributed by atoms with Crippen LogP contribution in [0.1, 0.15) is 35.6 Å². The number of hydrogen-bond donors (Lipinski definition) is 2. The van der Waals surface area contributed by atoms with E-state index in [9.17, 15) is 4.39 Å². The van der Waals surface area contributed by atoms with Gasteiger partial charge in [-0.15, -0.1) is 0 Å². The topological polar surface area (TPSA) is 24.1 Å². The molecule has 142 valence electrons. The molecular formula is C24H29FN2. The number of rotatable bonds is 8. The maximum atomic E-state index is 14.0. The predicted octanol–water partition coefficient (Wildman–Crippen LogP) is 6.14. The van der Waals surface area contributed by atoms with Gasteiger partial charge in [-0.2, -0.15) is 0 Å². The normalized spacial score (nSPS) is 11.6. The van der Waals surface area contributed by atoms with E-state index in [1.807, 2.05) is 45.2 Å². The van der Waals surface area contributed by atoms with E-state index < -0.39 is 0 Å². The molecule has 0 aliphatic carbocycles. The molecular weight excluding hydrogens is 335 g/mol. The van der Waals surface area contributed by atoms with Crippen molar-refractivity contribution < 1.29 is 4.39 Å². The molecule has 0 saturated carbocycles.